The molecule has 0 bridgehead atoms. The van der Waals surface area contributed by atoms with Crippen molar-refractivity contribution in [2.24, 2.45) is 5.16 Å². The van der Waals surface area contributed by atoms with Gasteiger partial charge in [0.25, 0.3) is 0 Å². The molecule has 2 aliphatic carbocycles. The van der Waals surface area contributed by atoms with Crippen LogP contribution in [0.1, 0.15) is 71.4 Å². The fourth-order valence-electron chi connectivity index (χ4n) is 5.15. The molecule has 0 radical (unpaired) electrons. The minimum absolute atomic E-state index is 0.0657. The molecule has 194 valence electrons. The van der Waals surface area contributed by atoms with Crippen molar-refractivity contribution >= 4 is 17.6 Å². The zero-order valence-corrected chi connectivity index (χ0v) is 22.3. The number of nitrogens with zero attached hydrogens (tertiary/aromatic N) is 4. The van der Waals surface area contributed by atoms with Crippen molar-refractivity contribution in [3.05, 3.63) is 35.7 Å². The molecule has 0 aliphatic heterocycles. The van der Waals surface area contributed by atoms with Gasteiger partial charge in [-0.25, -0.2) is 14.8 Å². The third-order valence-corrected chi connectivity index (χ3v) is 6.95. The van der Waals surface area contributed by atoms with E-state index < -0.39 is 11.0 Å². The van der Waals surface area contributed by atoms with Crippen LogP contribution in [0.25, 0.3) is 11.3 Å². The molecule has 0 spiro atoms. The van der Waals surface area contributed by atoms with Gasteiger partial charge in [0.1, 0.15) is 30.6 Å². The van der Waals surface area contributed by atoms with Gasteiger partial charge in [0.15, 0.2) is 0 Å². The largest absolute Gasteiger partial charge is 0.490 e. The number of rotatable bonds is 4. The van der Waals surface area contributed by atoms with Crippen molar-refractivity contribution in [2.45, 2.75) is 83.5 Å². The molecule has 9 nitrogen and oxygen atoms in total. The average Bonchev–Trinajstić information content (AvgIpc) is 2.80. The second-order valence-electron chi connectivity index (χ2n) is 11.1. The third-order valence-electron chi connectivity index (χ3n) is 6.95. The number of anilines is 1. The van der Waals surface area contributed by atoms with E-state index in [-0.39, 0.29) is 18.2 Å². The van der Waals surface area contributed by atoms with Crippen LogP contribution in [0.4, 0.5) is 10.6 Å². The van der Waals surface area contributed by atoms with Crippen molar-refractivity contribution < 1.29 is 19.1 Å². The van der Waals surface area contributed by atoms with Crippen LogP contribution in [0.15, 0.2) is 29.7 Å². The first kappa shape index (κ1) is 25.7. The summed E-state index contributed by atoms with van der Waals surface area (Å²) in [7, 11) is 3.35. The number of amides is 1. The molecule has 1 fully saturated rings. The summed E-state index contributed by atoms with van der Waals surface area (Å²) < 4.78 is 11.9. The van der Waals surface area contributed by atoms with Crippen LogP contribution in [0.3, 0.4) is 0 Å². The molecule has 36 heavy (non-hydrogen) atoms. The van der Waals surface area contributed by atoms with Crippen molar-refractivity contribution in [2.75, 3.05) is 19.9 Å². The first-order valence-corrected chi connectivity index (χ1v) is 12.4. The summed E-state index contributed by atoms with van der Waals surface area (Å²) in [5.41, 5.74) is 9.43. The van der Waals surface area contributed by atoms with E-state index in [1.165, 1.54) is 13.4 Å². The lowest BCUT2D eigenvalue weighted by molar-refractivity contribution is 0.0139. The number of hydrogen-bond donors (Lipinski definition) is 1. The number of carbonyl (C=O) groups is 1. The molecule has 4 rings (SSSR count). The summed E-state index contributed by atoms with van der Waals surface area (Å²) in [6, 6.07) is 6.11. The molecule has 1 heterocycles. The Balaban J connectivity index is 1.52. The Morgan fingerprint density at radius 2 is 1.83 bits per heavy atom. The Morgan fingerprint density at radius 3 is 2.47 bits per heavy atom. The lowest BCUT2D eigenvalue weighted by Crippen LogP contribution is -2.43. The smallest absolute Gasteiger partial charge is 0.410 e. The van der Waals surface area contributed by atoms with E-state index in [0.717, 1.165) is 59.5 Å². The number of nitrogens with two attached hydrogens (primary N) is 1. The van der Waals surface area contributed by atoms with E-state index in [4.69, 9.17) is 20.0 Å². The molecule has 0 atom stereocenters. The molecule has 9 heteroatoms. The van der Waals surface area contributed by atoms with Crippen LogP contribution in [-0.4, -0.2) is 58.6 Å². The Labute approximate surface area is 213 Å². The molecular weight excluding hydrogens is 458 g/mol. The van der Waals surface area contributed by atoms with Crippen molar-refractivity contribution in [3.63, 3.8) is 0 Å². The third kappa shape index (κ3) is 4.96. The van der Waals surface area contributed by atoms with Crippen LogP contribution in [-0.2, 0) is 15.0 Å². The number of hydrogen-bond acceptors (Lipinski definition) is 8. The fourth-order valence-corrected chi connectivity index (χ4v) is 5.15. The van der Waals surface area contributed by atoms with Gasteiger partial charge in [-0.15, -0.1) is 0 Å². The highest BCUT2D eigenvalue weighted by Gasteiger charge is 2.41. The topological polar surface area (TPSA) is 112 Å². The Hall–Kier alpha value is -3.36. The van der Waals surface area contributed by atoms with Crippen molar-refractivity contribution in [1.29, 1.82) is 0 Å². The predicted molar refractivity (Wildman–Crippen MR) is 139 cm³/mol. The number of aromatic nitrogens is 2. The molecule has 2 N–H and O–H groups in total. The maximum atomic E-state index is 12.4. The number of fused-ring (bicyclic) bond motifs is 3. The molecular formula is C27H37N5O4. The normalized spacial score (nSPS) is 21.8. The number of ether oxygens (including phenoxy) is 2. The van der Waals surface area contributed by atoms with E-state index in [0.29, 0.717) is 5.82 Å². The minimum Gasteiger partial charge on any atom is -0.490 e. The molecule has 1 amide bonds. The Bertz CT molecular complexity index is 1160. The van der Waals surface area contributed by atoms with Crippen LogP contribution in [0, 0.1) is 0 Å². The second-order valence-corrected chi connectivity index (χ2v) is 11.1. The second kappa shape index (κ2) is 9.59. The van der Waals surface area contributed by atoms with Gasteiger partial charge < -0.3 is 24.9 Å². The zero-order chi connectivity index (χ0) is 26.3. The minimum atomic E-state index is -0.549. The molecule has 2 aromatic rings. The molecule has 1 saturated carbocycles. The maximum absolute atomic E-state index is 12.4. The number of oxime groups is 1. The standard InChI is InChI=1S/C27H37N5O4/c1-26(2,3)36-25(33)32(6)16-8-10-17(11-9-16)35-18-12-13-19-20(14-18)23(31-34-7)27(4,5)21-22(19)29-15-30-24(21)28/h12-17H,8-11H2,1-7H3,(H2,28,29,30)/b31-23+. The van der Waals surface area contributed by atoms with Gasteiger partial charge in [0, 0.05) is 35.2 Å². The van der Waals surface area contributed by atoms with E-state index in [9.17, 15) is 4.79 Å². The molecule has 0 unspecified atom stereocenters. The fraction of sp³-hybridized carbons (Fsp3) is 0.556. The lowest BCUT2D eigenvalue weighted by atomic mass is 9.70. The summed E-state index contributed by atoms with van der Waals surface area (Å²) in [5, 5.41) is 4.38. The number of nitrogen functional groups attached to an aromatic ring is 1. The van der Waals surface area contributed by atoms with Gasteiger partial charge in [-0.05, 0) is 78.5 Å². The molecule has 1 aromatic carbocycles. The highest BCUT2D eigenvalue weighted by atomic mass is 16.6. The number of carbonyl (C=O) groups excluding carboxylic acids is 1. The van der Waals surface area contributed by atoms with Crippen molar-refractivity contribution in [1.82, 2.24) is 14.9 Å². The van der Waals surface area contributed by atoms with Crippen LogP contribution >= 0.6 is 0 Å². The summed E-state index contributed by atoms with van der Waals surface area (Å²) in [4.78, 5) is 28.2. The first-order chi connectivity index (χ1) is 16.9. The average molecular weight is 496 g/mol. The van der Waals surface area contributed by atoms with Gasteiger partial charge >= 0.3 is 6.09 Å². The van der Waals surface area contributed by atoms with Gasteiger partial charge in [-0.1, -0.05) is 5.16 Å². The van der Waals surface area contributed by atoms with E-state index in [1.54, 1.807) is 4.90 Å². The van der Waals surface area contributed by atoms with Gasteiger partial charge in [-0.2, -0.15) is 0 Å². The zero-order valence-electron chi connectivity index (χ0n) is 22.3. The van der Waals surface area contributed by atoms with Gasteiger partial charge in [0.05, 0.1) is 17.5 Å². The van der Waals surface area contributed by atoms with Crippen LogP contribution in [0.2, 0.25) is 0 Å². The molecule has 2 aliphatic rings. The van der Waals surface area contributed by atoms with E-state index >= 15 is 0 Å². The maximum Gasteiger partial charge on any atom is 0.410 e. The predicted octanol–water partition coefficient (Wildman–Crippen LogP) is 4.92. The summed E-state index contributed by atoms with van der Waals surface area (Å²) in [5.74, 6) is 1.20. The monoisotopic (exact) mass is 495 g/mol. The molecule has 0 saturated heterocycles. The lowest BCUT2D eigenvalue weighted by Gasteiger charge is -2.36. The van der Waals surface area contributed by atoms with E-state index in [2.05, 4.69) is 15.1 Å². The SMILES string of the molecule is CO/N=C1\c2cc(OC3CCC(N(C)C(=O)OC(C)(C)C)CC3)ccc2-c2ncnc(N)c2C1(C)C. The van der Waals surface area contributed by atoms with Gasteiger partial charge in [-0.3, -0.25) is 0 Å². The quantitative estimate of drug-likeness (QED) is 0.599. The van der Waals surface area contributed by atoms with E-state index in [1.807, 2.05) is 59.9 Å². The summed E-state index contributed by atoms with van der Waals surface area (Å²) in [6.07, 6.45) is 4.70. The number of benzene rings is 1. The highest BCUT2D eigenvalue weighted by molar-refractivity contribution is 6.15. The Morgan fingerprint density at radius 1 is 1.14 bits per heavy atom. The molecule has 1 aromatic heterocycles. The van der Waals surface area contributed by atoms with Crippen LogP contribution in [0.5, 0.6) is 5.75 Å². The first-order valence-electron chi connectivity index (χ1n) is 12.4. The van der Waals surface area contributed by atoms with Crippen LogP contribution < -0.4 is 10.5 Å². The Kier molecular flexibility index (Phi) is 6.86. The van der Waals surface area contributed by atoms with Crippen molar-refractivity contribution in [3.8, 4) is 17.0 Å². The summed E-state index contributed by atoms with van der Waals surface area (Å²) in [6.45, 7) is 9.73. The van der Waals surface area contributed by atoms with Gasteiger partial charge in [0.2, 0.25) is 0 Å². The summed E-state index contributed by atoms with van der Waals surface area (Å²) >= 11 is 0. The highest BCUT2D eigenvalue weighted by Crippen LogP contribution is 2.45.